The molecule has 2 heterocycles. The molecule has 0 aliphatic carbocycles. The zero-order valence-electron chi connectivity index (χ0n) is 20.5. The van der Waals surface area contributed by atoms with Gasteiger partial charge >= 0.3 is 12.1 Å². The highest BCUT2D eigenvalue weighted by Crippen LogP contribution is 2.39. The first-order valence-corrected chi connectivity index (χ1v) is 12.4. The molecule has 0 amide bonds. The predicted molar refractivity (Wildman–Crippen MR) is 136 cm³/mol. The summed E-state index contributed by atoms with van der Waals surface area (Å²) in [6, 6.07) is 18.4. The maximum Gasteiger partial charge on any atom is 0.417 e. The minimum absolute atomic E-state index is 0.0182. The number of fused-ring (bicyclic) bond motifs is 1. The van der Waals surface area contributed by atoms with Crippen molar-refractivity contribution in [2.45, 2.75) is 31.9 Å². The van der Waals surface area contributed by atoms with E-state index in [0.717, 1.165) is 49.7 Å². The molecule has 4 aromatic rings. The first kappa shape index (κ1) is 25.7. The number of nitrogens with zero attached hydrogens (tertiary/aromatic N) is 3. The molecule has 0 saturated heterocycles. The smallest absolute Gasteiger partial charge is 0.417 e. The van der Waals surface area contributed by atoms with Gasteiger partial charge in [0.2, 0.25) is 5.82 Å². The van der Waals surface area contributed by atoms with Crippen molar-refractivity contribution < 1.29 is 27.6 Å². The molecule has 0 bridgehead atoms. The van der Waals surface area contributed by atoms with Crippen LogP contribution < -0.4 is 0 Å². The fraction of sp³-hybridized carbons (Fsp3) is 0.276. The second-order valence-corrected chi connectivity index (χ2v) is 9.37. The lowest BCUT2D eigenvalue weighted by Crippen LogP contribution is -2.27. The second kappa shape index (κ2) is 10.8. The Bertz CT molecular complexity index is 1430. The monoisotopic (exact) mass is 521 g/mol. The van der Waals surface area contributed by atoms with Crippen LogP contribution in [0.5, 0.6) is 0 Å². The van der Waals surface area contributed by atoms with Crippen LogP contribution in [0.3, 0.4) is 0 Å². The SMILES string of the molecule is O=C(O)CCCN1CCc2ccc(-c3noc(-c4ccc(-c5ccccc5)c(C(F)(F)F)c4)n3)cc2CC1. The molecule has 0 fully saturated rings. The molecule has 0 spiro atoms. The number of hydrogen-bond donors (Lipinski definition) is 1. The number of carbonyl (C=O) groups is 1. The largest absolute Gasteiger partial charge is 0.481 e. The van der Waals surface area contributed by atoms with Crippen molar-refractivity contribution in [3.05, 3.63) is 83.4 Å². The van der Waals surface area contributed by atoms with Gasteiger partial charge in [-0.2, -0.15) is 18.2 Å². The van der Waals surface area contributed by atoms with Crippen LogP contribution >= 0.6 is 0 Å². The highest BCUT2D eigenvalue weighted by Gasteiger charge is 2.34. The molecular weight excluding hydrogens is 495 g/mol. The van der Waals surface area contributed by atoms with Crippen LogP contribution in [-0.4, -0.2) is 45.8 Å². The third kappa shape index (κ3) is 5.78. The average Bonchev–Trinajstić information content (AvgIpc) is 3.31. The summed E-state index contributed by atoms with van der Waals surface area (Å²) in [5.74, 6) is -0.454. The van der Waals surface area contributed by atoms with E-state index in [4.69, 9.17) is 9.63 Å². The Balaban J connectivity index is 1.36. The van der Waals surface area contributed by atoms with Gasteiger partial charge in [-0.25, -0.2) is 0 Å². The Labute approximate surface area is 217 Å². The molecule has 0 atom stereocenters. The Hall–Kier alpha value is -3.98. The summed E-state index contributed by atoms with van der Waals surface area (Å²) >= 11 is 0. The number of aromatic nitrogens is 2. The van der Waals surface area contributed by atoms with Crippen molar-refractivity contribution in [2.24, 2.45) is 0 Å². The number of hydrogen-bond acceptors (Lipinski definition) is 5. The molecule has 0 radical (unpaired) electrons. The predicted octanol–water partition coefficient (Wildman–Crippen LogP) is 6.35. The summed E-state index contributed by atoms with van der Waals surface area (Å²) in [5, 5.41) is 12.9. The minimum Gasteiger partial charge on any atom is -0.481 e. The number of carboxylic acid groups (broad SMARTS) is 1. The number of alkyl halides is 3. The fourth-order valence-electron chi connectivity index (χ4n) is 4.83. The molecule has 196 valence electrons. The summed E-state index contributed by atoms with van der Waals surface area (Å²) in [4.78, 5) is 17.5. The van der Waals surface area contributed by atoms with Crippen molar-refractivity contribution >= 4 is 5.97 Å². The summed E-state index contributed by atoms with van der Waals surface area (Å²) in [7, 11) is 0. The Morgan fingerprint density at radius 2 is 1.66 bits per heavy atom. The van der Waals surface area contributed by atoms with Crippen molar-refractivity contribution in [3.63, 3.8) is 0 Å². The van der Waals surface area contributed by atoms with Gasteiger partial charge in [-0.3, -0.25) is 4.79 Å². The number of rotatable bonds is 7. The maximum atomic E-state index is 13.9. The van der Waals surface area contributed by atoms with Gasteiger partial charge in [0.15, 0.2) is 0 Å². The Morgan fingerprint density at radius 3 is 2.39 bits per heavy atom. The van der Waals surface area contributed by atoms with E-state index >= 15 is 0 Å². The molecular formula is C29H26F3N3O3. The average molecular weight is 522 g/mol. The first-order chi connectivity index (χ1) is 18.3. The molecule has 3 aromatic carbocycles. The van der Waals surface area contributed by atoms with Crippen LogP contribution in [0.25, 0.3) is 34.0 Å². The van der Waals surface area contributed by atoms with Crippen LogP contribution in [0.1, 0.15) is 29.5 Å². The molecule has 5 rings (SSSR count). The molecule has 1 aromatic heterocycles. The molecule has 38 heavy (non-hydrogen) atoms. The molecule has 0 saturated carbocycles. The van der Waals surface area contributed by atoms with Crippen LogP contribution in [0, 0.1) is 0 Å². The highest BCUT2D eigenvalue weighted by molar-refractivity contribution is 5.72. The van der Waals surface area contributed by atoms with Crippen molar-refractivity contribution in [2.75, 3.05) is 19.6 Å². The van der Waals surface area contributed by atoms with Gasteiger partial charge in [-0.1, -0.05) is 53.7 Å². The minimum atomic E-state index is -4.55. The third-order valence-corrected chi connectivity index (χ3v) is 6.81. The molecule has 1 aliphatic rings. The zero-order chi connectivity index (χ0) is 26.7. The number of aliphatic carboxylic acids is 1. The molecule has 9 heteroatoms. The lowest BCUT2D eigenvalue weighted by Gasteiger charge is -2.18. The summed E-state index contributed by atoms with van der Waals surface area (Å²) in [6.07, 6.45) is -2.12. The molecule has 1 N–H and O–H groups in total. The number of carboxylic acids is 1. The van der Waals surface area contributed by atoms with E-state index in [-0.39, 0.29) is 23.4 Å². The molecule has 1 aliphatic heterocycles. The van der Waals surface area contributed by atoms with Gasteiger partial charge in [0.1, 0.15) is 0 Å². The Kier molecular flexibility index (Phi) is 7.28. The third-order valence-electron chi connectivity index (χ3n) is 6.81. The van der Waals surface area contributed by atoms with Gasteiger partial charge in [0.05, 0.1) is 5.56 Å². The van der Waals surface area contributed by atoms with E-state index in [1.165, 1.54) is 11.6 Å². The van der Waals surface area contributed by atoms with Crippen molar-refractivity contribution in [1.29, 1.82) is 0 Å². The number of benzene rings is 3. The van der Waals surface area contributed by atoms with Gasteiger partial charge in [-0.15, -0.1) is 0 Å². The molecule has 6 nitrogen and oxygen atoms in total. The summed E-state index contributed by atoms with van der Waals surface area (Å²) in [5.41, 5.74) is 3.09. The van der Waals surface area contributed by atoms with E-state index in [9.17, 15) is 18.0 Å². The first-order valence-electron chi connectivity index (χ1n) is 12.4. The van der Waals surface area contributed by atoms with E-state index in [1.54, 1.807) is 36.4 Å². The zero-order valence-corrected chi connectivity index (χ0v) is 20.5. The Morgan fingerprint density at radius 1 is 0.921 bits per heavy atom. The standard InChI is InChI=1S/C29H26F3N3O3/c30-29(31,32)25-18-23(10-11-24(25)20-5-2-1-3-6-20)28-33-27(34-38-28)22-9-8-19-12-15-35(14-4-7-26(36)37)16-13-21(19)17-22/h1-3,5-6,8-11,17-18H,4,7,12-16H2,(H,36,37). The van der Waals surface area contributed by atoms with Crippen molar-refractivity contribution in [1.82, 2.24) is 15.0 Å². The lowest BCUT2D eigenvalue weighted by molar-refractivity contribution is -0.138. The molecule has 0 unspecified atom stereocenters. The quantitative estimate of drug-likeness (QED) is 0.305. The van der Waals surface area contributed by atoms with Crippen LogP contribution in [0.4, 0.5) is 13.2 Å². The van der Waals surface area contributed by atoms with Crippen LogP contribution in [-0.2, 0) is 23.8 Å². The summed E-state index contributed by atoms with van der Waals surface area (Å²) < 4.78 is 47.2. The maximum absolute atomic E-state index is 13.9. The lowest BCUT2D eigenvalue weighted by atomic mass is 9.97. The van der Waals surface area contributed by atoms with Gasteiger partial charge < -0.3 is 14.5 Å². The normalized spacial score (nSPS) is 14.2. The topological polar surface area (TPSA) is 79.5 Å². The summed E-state index contributed by atoms with van der Waals surface area (Å²) in [6.45, 7) is 2.42. The van der Waals surface area contributed by atoms with Gasteiger partial charge in [0.25, 0.3) is 5.89 Å². The van der Waals surface area contributed by atoms with Crippen LogP contribution in [0.2, 0.25) is 0 Å². The van der Waals surface area contributed by atoms with Gasteiger partial charge in [-0.05, 0) is 66.3 Å². The van der Waals surface area contributed by atoms with E-state index in [2.05, 4.69) is 15.0 Å². The van der Waals surface area contributed by atoms with Crippen molar-refractivity contribution in [3.8, 4) is 34.0 Å². The van der Waals surface area contributed by atoms with Gasteiger partial charge in [0, 0.05) is 30.6 Å². The van der Waals surface area contributed by atoms with Crippen LogP contribution in [0.15, 0.2) is 71.3 Å². The van der Waals surface area contributed by atoms with E-state index in [1.807, 2.05) is 18.2 Å². The van der Waals surface area contributed by atoms with E-state index < -0.39 is 17.7 Å². The highest BCUT2D eigenvalue weighted by atomic mass is 19.4. The van der Waals surface area contributed by atoms with E-state index in [0.29, 0.717) is 17.8 Å². The fourth-order valence-corrected chi connectivity index (χ4v) is 4.83. The number of halogens is 3. The second-order valence-electron chi connectivity index (χ2n) is 9.37.